The standard InChI is InChI=1S/C21H12F2N4O3S/c22-15-6-4-13(5-7-15)12-24-26(20(28)14-2-1-3-17(10-14)27(29)30)21-25-18-9-8-16(23)11-19(18)31-21/h1-12H/b24-12+. The summed E-state index contributed by atoms with van der Waals surface area (Å²) in [5.41, 5.74) is 0.760. The molecule has 1 heterocycles. The number of hydrogen-bond donors (Lipinski definition) is 0. The number of nitrogens with zero attached hydrogens (tertiary/aromatic N) is 4. The molecule has 4 aromatic rings. The molecule has 7 nitrogen and oxygen atoms in total. The number of rotatable bonds is 5. The van der Waals surface area contributed by atoms with Crippen molar-refractivity contribution in [1.29, 1.82) is 0 Å². The van der Waals surface area contributed by atoms with E-state index >= 15 is 0 Å². The highest BCUT2D eigenvalue weighted by atomic mass is 32.1. The van der Waals surface area contributed by atoms with Gasteiger partial charge in [-0.05, 0) is 42.0 Å². The van der Waals surface area contributed by atoms with E-state index in [1.165, 1.54) is 66.9 Å². The Bertz CT molecular complexity index is 1320. The van der Waals surface area contributed by atoms with Crippen molar-refractivity contribution in [3.63, 3.8) is 0 Å². The topological polar surface area (TPSA) is 88.7 Å². The summed E-state index contributed by atoms with van der Waals surface area (Å²) in [6, 6.07) is 14.7. The number of thiazole rings is 1. The second kappa shape index (κ2) is 8.36. The molecule has 0 bridgehead atoms. The van der Waals surface area contributed by atoms with Crippen LogP contribution in [-0.4, -0.2) is 22.0 Å². The lowest BCUT2D eigenvalue weighted by atomic mass is 10.2. The van der Waals surface area contributed by atoms with E-state index in [1.807, 2.05) is 0 Å². The van der Waals surface area contributed by atoms with Crippen LogP contribution in [0.25, 0.3) is 10.2 Å². The summed E-state index contributed by atoms with van der Waals surface area (Å²) in [4.78, 5) is 28.0. The van der Waals surface area contributed by atoms with Crippen molar-refractivity contribution in [2.45, 2.75) is 0 Å². The molecule has 31 heavy (non-hydrogen) atoms. The molecule has 0 atom stereocenters. The summed E-state index contributed by atoms with van der Waals surface area (Å²) >= 11 is 1.04. The molecule has 0 N–H and O–H groups in total. The summed E-state index contributed by atoms with van der Waals surface area (Å²) in [6.45, 7) is 0. The van der Waals surface area contributed by atoms with E-state index in [4.69, 9.17) is 0 Å². The fraction of sp³-hybridized carbons (Fsp3) is 0. The smallest absolute Gasteiger partial charge is 0.267 e. The molecule has 0 fully saturated rings. The first-order valence-corrected chi connectivity index (χ1v) is 9.67. The van der Waals surface area contributed by atoms with E-state index in [1.54, 1.807) is 0 Å². The third-order valence-electron chi connectivity index (χ3n) is 4.21. The predicted octanol–water partition coefficient (Wildman–Crippen LogP) is 5.16. The molecule has 1 aromatic heterocycles. The van der Waals surface area contributed by atoms with Gasteiger partial charge in [0.25, 0.3) is 11.6 Å². The van der Waals surface area contributed by atoms with Gasteiger partial charge in [-0.2, -0.15) is 10.1 Å². The van der Waals surface area contributed by atoms with Gasteiger partial charge in [0.05, 0.1) is 21.4 Å². The number of anilines is 1. The molecule has 0 saturated heterocycles. The Morgan fingerprint density at radius 3 is 2.55 bits per heavy atom. The number of non-ortho nitro benzene ring substituents is 1. The average molecular weight is 438 g/mol. The van der Waals surface area contributed by atoms with Crippen molar-refractivity contribution in [2.24, 2.45) is 5.10 Å². The first-order valence-electron chi connectivity index (χ1n) is 8.85. The molecule has 0 aliphatic rings. The van der Waals surface area contributed by atoms with Gasteiger partial charge in [-0.1, -0.05) is 29.5 Å². The molecule has 0 saturated carbocycles. The van der Waals surface area contributed by atoms with Gasteiger partial charge < -0.3 is 0 Å². The van der Waals surface area contributed by atoms with Crippen LogP contribution in [0.1, 0.15) is 15.9 Å². The van der Waals surface area contributed by atoms with Gasteiger partial charge in [-0.25, -0.2) is 13.8 Å². The SMILES string of the molecule is O=C(c1cccc([N+](=O)[O-])c1)N(/N=C/c1ccc(F)cc1)c1nc2ccc(F)cc2s1. The van der Waals surface area contributed by atoms with E-state index in [9.17, 15) is 23.7 Å². The molecule has 1 amide bonds. The first kappa shape index (κ1) is 20.2. The normalized spacial score (nSPS) is 11.2. The molecule has 154 valence electrons. The van der Waals surface area contributed by atoms with Crippen molar-refractivity contribution < 1.29 is 18.5 Å². The second-order valence-electron chi connectivity index (χ2n) is 6.33. The number of fused-ring (bicyclic) bond motifs is 1. The lowest BCUT2D eigenvalue weighted by Crippen LogP contribution is -2.25. The van der Waals surface area contributed by atoms with Gasteiger partial charge in [0.1, 0.15) is 11.6 Å². The molecular formula is C21H12F2N4O3S. The van der Waals surface area contributed by atoms with Crippen molar-refractivity contribution in [3.8, 4) is 0 Å². The maximum Gasteiger partial charge on any atom is 0.281 e. The van der Waals surface area contributed by atoms with Gasteiger partial charge in [0.15, 0.2) is 0 Å². The fourth-order valence-corrected chi connectivity index (χ4v) is 3.66. The maximum atomic E-state index is 13.6. The molecule has 10 heteroatoms. The van der Waals surface area contributed by atoms with Crippen LogP contribution in [0.2, 0.25) is 0 Å². The van der Waals surface area contributed by atoms with Crippen LogP contribution in [0.4, 0.5) is 19.6 Å². The number of nitro benzene ring substituents is 1. The number of carbonyl (C=O) groups is 1. The molecule has 0 aliphatic heterocycles. The van der Waals surface area contributed by atoms with Gasteiger partial charge in [-0.15, -0.1) is 0 Å². The zero-order valence-corrected chi connectivity index (χ0v) is 16.4. The van der Waals surface area contributed by atoms with E-state index in [0.717, 1.165) is 22.4 Å². The van der Waals surface area contributed by atoms with Gasteiger partial charge >= 0.3 is 0 Å². The number of hydrogen-bond acceptors (Lipinski definition) is 6. The van der Waals surface area contributed by atoms with Crippen LogP contribution >= 0.6 is 11.3 Å². The van der Waals surface area contributed by atoms with E-state index in [2.05, 4.69) is 10.1 Å². The lowest BCUT2D eigenvalue weighted by molar-refractivity contribution is -0.384. The monoisotopic (exact) mass is 438 g/mol. The summed E-state index contributed by atoms with van der Waals surface area (Å²) in [5.74, 6) is -1.54. The lowest BCUT2D eigenvalue weighted by Gasteiger charge is -2.13. The van der Waals surface area contributed by atoms with Crippen LogP contribution in [0.5, 0.6) is 0 Å². The molecule has 0 radical (unpaired) electrons. The average Bonchev–Trinajstić information content (AvgIpc) is 3.18. The summed E-state index contributed by atoms with van der Waals surface area (Å²) < 4.78 is 27.2. The highest BCUT2D eigenvalue weighted by Gasteiger charge is 2.23. The highest BCUT2D eigenvalue weighted by molar-refractivity contribution is 7.22. The minimum absolute atomic E-state index is 0.0240. The van der Waals surface area contributed by atoms with E-state index in [-0.39, 0.29) is 16.4 Å². The molecule has 0 spiro atoms. The van der Waals surface area contributed by atoms with Gasteiger partial charge in [-0.3, -0.25) is 14.9 Å². The summed E-state index contributed by atoms with van der Waals surface area (Å²) in [6.07, 6.45) is 1.33. The largest absolute Gasteiger partial charge is 0.281 e. The van der Waals surface area contributed by atoms with Crippen LogP contribution in [0.15, 0.2) is 71.8 Å². The Morgan fingerprint density at radius 2 is 1.81 bits per heavy atom. The van der Waals surface area contributed by atoms with Crippen molar-refractivity contribution in [3.05, 3.63) is 99.6 Å². The van der Waals surface area contributed by atoms with Gasteiger partial charge in [0, 0.05) is 17.7 Å². The minimum Gasteiger partial charge on any atom is -0.267 e. The third-order valence-corrected chi connectivity index (χ3v) is 5.20. The van der Waals surface area contributed by atoms with Crippen LogP contribution in [-0.2, 0) is 0 Å². The molecule has 0 unspecified atom stereocenters. The number of amides is 1. The molecule has 0 aliphatic carbocycles. The zero-order valence-electron chi connectivity index (χ0n) is 15.6. The number of hydrazone groups is 1. The number of aromatic nitrogens is 1. The quantitative estimate of drug-likeness (QED) is 0.244. The number of nitro groups is 1. The van der Waals surface area contributed by atoms with Crippen molar-refractivity contribution in [2.75, 3.05) is 5.01 Å². The Hall–Kier alpha value is -4.05. The second-order valence-corrected chi connectivity index (χ2v) is 7.34. The molecule has 4 rings (SSSR count). The summed E-state index contributed by atoms with van der Waals surface area (Å²) in [7, 11) is 0. The Morgan fingerprint density at radius 1 is 1.06 bits per heavy atom. The Balaban J connectivity index is 1.77. The fourth-order valence-electron chi connectivity index (χ4n) is 2.71. The molecular weight excluding hydrogens is 426 g/mol. The predicted molar refractivity (Wildman–Crippen MR) is 113 cm³/mol. The number of carbonyl (C=O) groups excluding carboxylic acids is 1. The number of benzene rings is 3. The highest BCUT2D eigenvalue weighted by Crippen LogP contribution is 2.31. The van der Waals surface area contributed by atoms with Crippen molar-refractivity contribution in [1.82, 2.24) is 4.98 Å². The zero-order chi connectivity index (χ0) is 22.0. The van der Waals surface area contributed by atoms with Crippen LogP contribution in [0.3, 0.4) is 0 Å². The van der Waals surface area contributed by atoms with Crippen LogP contribution < -0.4 is 5.01 Å². The number of halogens is 2. The Kier molecular flexibility index (Phi) is 5.46. The van der Waals surface area contributed by atoms with Crippen LogP contribution in [0, 0.1) is 21.7 Å². The molecule has 3 aromatic carbocycles. The van der Waals surface area contributed by atoms with E-state index in [0.29, 0.717) is 15.8 Å². The van der Waals surface area contributed by atoms with Gasteiger partial charge in [0.2, 0.25) is 5.13 Å². The van der Waals surface area contributed by atoms with E-state index < -0.39 is 22.5 Å². The summed E-state index contributed by atoms with van der Waals surface area (Å²) in [5, 5.41) is 16.4. The third kappa shape index (κ3) is 4.43. The minimum atomic E-state index is -0.665. The Labute approximate surface area is 178 Å². The maximum absolute atomic E-state index is 13.6. The first-order chi connectivity index (χ1) is 14.9. The van der Waals surface area contributed by atoms with Crippen molar-refractivity contribution >= 4 is 44.5 Å².